The molecule has 0 radical (unpaired) electrons. The minimum Gasteiger partial charge on any atom is -0.469 e. The van der Waals surface area contributed by atoms with Crippen molar-refractivity contribution in [3.63, 3.8) is 0 Å². The van der Waals surface area contributed by atoms with Gasteiger partial charge in [-0.25, -0.2) is 4.98 Å². The third-order valence-electron chi connectivity index (χ3n) is 10.4. The van der Waals surface area contributed by atoms with Gasteiger partial charge in [-0.05, 0) is 69.0 Å². The fourth-order valence-electron chi connectivity index (χ4n) is 7.08. The Morgan fingerprint density at radius 1 is 1.06 bits per heavy atom. The van der Waals surface area contributed by atoms with Crippen molar-refractivity contribution in [2.45, 2.75) is 130 Å². The van der Waals surface area contributed by atoms with E-state index >= 15 is 0 Å². The highest BCUT2D eigenvalue weighted by Crippen LogP contribution is 2.23. The predicted molar refractivity (Wildman–Crippen MR) is 205 cm³/mol. The lowest BCUT2D eigenvalue weighted by Gasteiger charge is -2.38. The second-order valence-electron chi connectivity index (χ2n) is 14.7. The molecule has 1 aliphatic heterocycles. The fourth-order valence-corrected chi connectivity index (χ4v) is 7.88. The molecule has 2 aromatic rings. The van der Waals surface area contributed by atoms with Crippen LogP contribution in [0, 0.1) is 17.8 Å². The third kappa shape index (κ3) is 12.7. The summed E-state index contributed by atoms with van der Waals surface area (Å²) >= 11 is 1.44. The molecule has 51 heavy (non-hydrogen) atoms. The minimum atomic E-state index is -0.593. The van der Waals surface area contributed by atoms with Gasteiger partial charge in [-0.2, -0.15) is 0 Å². The first-order valence-corrected chi connectivity index (χ1v) is 20.0. The van der Waals surface area contributed by atoms with E-state index in [0.29, 0.717) is 31.4 Å². The van der Waals surface area contributed by atoms with Crippen LogP contribution in [-0.4, -0.2) is 89.9 Å². The second-order valence-corrected chi connectivity index (χ2v) is 15.7. The summed E-state index contributed by atoms with van der Waals surface area (Å²) in [7, 11) is 3.23. The van der Waals surface area contributed by atoms with Gasteiger partial charge in [0.15, 0.2) is 0 Å². The lowest BCUT2D eigenvalue weighted by molar-refractivity contribution is -0.145. The molecule has 3 rings (SSSR count). The van der Waals surface area contributed by atoms with Gasteiger partial charge in [0.1, 0.15) is 11.7 Å². The summed E-state index contributed by atoms with van der Waals surface area (Å²) in [5.41, 5.74) is 1.41. The molecule has 11 heteroatoms. The van der Waals surface area contributed by atoms with Gasteiger partial charge in [0, 0.05) is 30.9 Å². The van der Waals surface area contributed by atoms with Crippen molar-refractivity contribution in [1.82, 2.24) is 25.4 Å². The number of benzene rings is 1. The highest BCUT2D eigenvalue weighted by atomic mass is 32.1. The summed E-state index contributed by atoms with van der Waals surface area (Å²) in [6.07, 6.45) is 8.20. The van der Waals surface area contributed by atoms with E-state index in [1.165, 1.54) is 18.4 Å². The number of hydrogen-bond acceptors (Lipinski definition) is 8. The van der Waals surface area contributed by atoms with Gasteiger partial charge in [-0.3, -0.25) is 24.1 Å². The minimum absolute atomic E-state index is 0.00856. The molecule has 0 aliphatic carbocycles. The molecule has 2 heterocycles. The van der Waals surface area contributed by atoms with Crippen molar-refractivity contribution in [1.29, 1.82) is 0 Å². The van der Waals surface area contributed by atoms with Gasteiger partial charge in [-0.15, -0.1) is 11.3 Å². The molecule has 284 valence electrons. The monoisotopic (exact) mass is 725 g/mol. The Balaban J connectivity index is 1.67. The van der Waals surface area contributed by atoms with Crippen LogP contribution >= 0.6 is 11.3 Å². The number of nitrogens with one attached hydrogen (secondary N) is 2. The van der Waals surface area contributed by atoms with Gasteiger partial charge in [0.25, 0.3) is 5.91 Å². The number of methoxy groups -OCH3 is 1. The summed E-state index contributed by atoms with van der Waals surface area (Å²) < 4.78 is 4.93. The zero-order valence-electron chi connectivity index (χ0n) is 32.3. The molecule has 0 spiro atoms. The van der Waals surface area contributed by atoms with Gasteiger partial charge in [-0.1, -0.05) is 91.1 Å². The molecule has 0 bridgehead atoms. The van der Waals surface area contributed by atoms with E-state index in [1.807, 2.05) is 56.1 Å². The van der Waals surface area contributed by atoms with Gasteiger partial charge >= 0.3 is 5.97 Å². The number of aromatic nitrogens is 1. The van der Waals surface area contributed by atoms with Crippen LogP contribution in [0.1, 0.15) is 114 Å². The Labute approximate surface area is 310 Å². The Morgan fingerprint density at radius 3 is 2.43 bits per heavy atom. The van der Waals surface area contributed by atoms with Gasteiger partial charge < -0.3 is 20.3 Å². The predicted octanol–water partition coefficient (Wildman–Crippen LogP) is 6.28. The van der Waals surface area contributed by atoms with Crippen LogP contribution in [0.4, 0.5) is 0 Å². The molecular formula is C40H63N5O5S. The van der Waals surface area contributed by atoms with Crippen LogP contribution in [0.5, 0.6) is 0 Å². The number of ether oxygens (including phenoxy) is 1. The lowest BCUT2D eigenvalue weighted by Crippen LogP contribution is -2.58. The zero-order chi connectivity index (χ0) is 37.5. The average molecular weight is 726 g/mol. The number of esters is 1. The standard InChI is InChI=1S/C40H63N5O5S/c1-9-11-22-45-23-16-15-19-34(45)38(47)43-36(28(5)10-2)39(48)44(7)33(27(3)4)20-21-35-42-32(26-51-35)37(46)41-31(24-29(6)40(49)50-8)25-30-17-13-12-14-18-30/h12-14,17-18,26-29,31,33-34,36H,9-11,15-16,19-25H2,1-8H3,(H,41,46)(H,43,47)/t28-,29-,31+,33?,34+,36-/m0/s1. The number of unbranched alkanes of at least 4 members (excludes halogenated alkanes) is 1. The molecule has 1 fully saturated rings. The maximum absolute atomic E-state index is 14.1. The molecule has 1 aromatic carbocycles. The summed E-state index contributed by atoms with van der Waals surface area (Å²) in [6.45, 7) is 14.1. The number of piperidine rings is 1. The Morgan fingerprint density at radius 2 is 1.78 bits per heavy atom. The number of likely N-dealkylation sites (tertiary alicyclic amines) is 1. The van der Waals surface area contributed by atoms with Crippen molar-refractivity contribution in [2.75, 3.05) is 27.2 Å². The molecular weight excluding hydrogens is 663 g/mol. The van der Waals surface area contributed by atoms with E-state index in [-0.39, 0.29) is 59.6 Å². The third-order valence-corrected chi connectivity index (χ3v) is 11.4. The first-order valence-electron chi connectivity index (χ1n) is 19.1. The van der Waals surface area contributed by atoms with Crippen LogP contribution in [0.3, 0.4) is 0 Å². The molecule has 2 N–H and O–H groups in total. The summed E-state index contributed by atoms with van der Waals surface area (Å²) in [5, 5.41) is 8.92. The second kappa shape index (κ2) is 21.3. The van der Waals surface area contributed by atoms with E-state index in [9.17, 15) is 19.2 Å². The molecule has 1 unspecified atom stereocenters. The Bertz CT molecular complexity index is 1380. The molecule has 1 saturated heterocycles. The number of amides is 3. The number of carbonyl (C=O) groups excluding carboxylic acids is 4. The quantitative estimate of drug-likeness (QED) is 0.154. The van der Waals surface area contributed by atoms with Crippen LogP contribution in [0.2, 0.25) is 0 Å². The van der Waals surface area contributed by atoms with Crippen molar-refractivity contribution in [2.24, 2.45) is 17.8 Å². The molecule has 6 atom stereocenters. The molecule has 3 amide bonds. The average Bonchev–Trinajstić information content (AvgIpc) is 3.61. The number of likely N-dealkylation sites (N-methyl/N-ethyl adjacent to an activating group) is 1. The summed E-state index contributed by atoms with van der Waals surface area (Å²) in [6, 6.07) is 8.75. The van der Waals surface area contributed by atoms with Crippen molar-refractivity contribution < 1.29 is 23.9 Å². The normalized spacial score (nSPS) is 17.9. The smallest absolute Gasteiger partial charge is 0.308 e. The largest absolute Gasteiger partial charge is 0.469 e. The van der Waals surface area contributed by atoms with Crippen molar-refractivity contribution >= 4 is 35.0 Å². The number of aryl methyl sites for hydroxylation is 1. The van der Waals surface area contributed by atoms with Crippen LogP contribution < -0.4 is 10.6 Å². The SMILES string of the molecule is CCCCN1CCCC[C@@H]1C(=O)N[C@H](C(=O)N(C)C(CCc1nc(C(=O)N[C@@H](Cc2ccccc2)C[C@H](C)C(=O)OC)cs1)C(C)C)[C@@H](C)CC. The van der Waals surface area contributed by atoms with E-state index in [4.69, 9.17) is 4.74 Å². The summed E-state index contributed by atoms with van der Waals surface area (Å²) in [4.78, 5) is 62.2. The van der Waals surface area contributed by atoms with Gasteiger partial charge in [0.2, 0.25) is 11.8 Å². The van der Waals surface area contributed by atoms with E-state index < -0.39 is 6.04 Å². The summed E-state index contributed by atoms with van der Waals surface area (Å²) in [5.74, 6) is -0.877. The number of nitrogens with zero attached hydrogens (tertiary/aromatic N) is 3. The van der Waals surface area contributed by atoms with Gasteiger partial charge in [0.05, 0.1) is 24.1 Å². The van der Waals surface area contributed by atoms with Crippen molar-refractivity contribution in [3.8, 4) is 0 Å². The van der Waals surface area contributed by atoms with E-state index in [0.717, 1.165) is 62.2 Å². The first kappa shape index (κ1) is 42.1. The van der Waals surface area contributed by atoms with Crippen LogP contribution in [0.15, 0.2) is 35.7 Å². The lowest BCUT2D eigenvalue weighted by atomic mass is 9.93. The maximum atomic E-state index is 14.1. The number of rotatable bonds is 20. The maximum Gasteiger partial charge on any atom is 0.308 e. The highest BCUT2D eigenvalue weighted by Gasteiger charge is 2.36. The number of hydrogen-bond donors (Lipinski definition) is 2. The van der Waals surface area contributed by atoms with Crippen LogP contribution in [0.25, 0.3) is 0 Å². The first-order chi connectivity index (χ1) is 24.4. The van der Waals surface area contributed by atoms with Crippen LogP contribution in [-0.2, 0) is 32.0 Å². The van der Waals surface area contributed by atoms with Crippen molar-refractivity contribution in [3.05, 3.63) is 52.0 Å². The Hall–Kier alpha value is -3.31. The molecule has 1 aliphatic rings. The molecule has 10 nitrogen and oxygen atoms in total. The number of thiazole rings is 1. The topological polar surface area (TPSA) is 121 Å². The van der Waals surface area contributed by atoms with E-state index in [2.05, 4.69) is 48.2 Å². The molecule has 0 saturated carbocycles. The number of carbonyl (C=O) groups is 4. The van der Waals surface area contributed by atoms with E-state index in [1.54, 1.807) is 5.38 Å². The Kier molecular flexibility index (Phi) is 17.6. The molecule has 1 aromatic heterocycles. The zero-order valence-corrected chi connectivity index (χ0v) is 33.1. The highest BCUT2D eigenvalue weighted by molar-refractivity contribution is 7.09. The fraction of sp³-hybridized carbons (Fsp3) is 0.675.